The first-order valence-corrected chi connectivity index (χ1v) is 10.5. The van der Waals surface area contributed by atoms with E-state index >= 15 is 0 Å². The van der Waals surface area contributed by atoms with E-state index in [2.05, 4.69) is 6.92 Å². The van der Waals surface area contributed by atoms with Gasteiger partial charge in [0.05, 0.1) is 5.92 Å². The van der Waals surface area contributed by atoms with Crippen LogP contribution in [0.4, 0.5) is 8.78 Å². The molecule has 0 amide bonds. The fourth-order valence-electron chi connectivity index (χ4n) is 5.45. The molecule has 0 radical (unpaired) electrons. The summed E-state index contributed by atoms with van der Waals surface area (Å²) in [6.07, 6.45) is 11.3. The van der Waals surface area contributed by atoms with Gasteiger partial charge in [-0.25, -0.2) is 8.78 Å². The van der Waals surface area contributed by atoms with Crippen LogP contribution in [0.1, 0.15) is 96.8 Å². The first kappa shape index (κ1) is 20.6. The maximum atomic E-state index is 13.3. The molecule has 0 saturated heterocycles. The molecule has 0 aromatic carbocycles. The molecule has 2 saturated carbocycles. The molecule has 0 aromatic rings. The molecule has 2 aliphatic carbocycles. The fraction of sp³-hybridized carbons (Fsp3) is 0.952. The summed E-state index contributed by atoms with van der Waals surface area (Å²) in [5.41, 5.74) is -0.298. The Balaban J connectivity index is 1.87. The van der Waals surface area contributed by atoms with Crippen molar-refractivity contribution in [1.29, 1.82) is 0 Å². The van der Waals surface area contributed by atoms with Gasteiger partial charge < -0.3 is 5.11 Å². The number of alkyl halides is 2. The van der Waals surface area contributed by atoms with Gasteiger partial charge in [0.1, 0.15) is 0 Å². The van der Waals surface area contributed by atoms with E-state index in [0.29, 0.717) is 31.6 Å². The van der Waals surface area contributed by atoms with Gasteiger partial charge in [-0.2, -0.15) is 0 Å². The van der Waals surface area contributed by atoms with Crippen molar-refractivity contribution in [3.8, 4) is 0 Å². The molecule has 0 aromatic heterocycles. The molecular formula is C21H36F2O2. The van der Waals surface area contributed by atoms with Crippen molar-refractivity contribution in [2.24, 2.45) is 23.2 Å². The van der Waals surface area contributed by atoms with Crippen LogP contribution in [0.15, 0.2) is 0 Å². The number of aliphatic carboxylic acids is 1. The molecular weight excluding hydrogens is 322 g/mol. The van der Waals surface area contributed by atoms with Gasteiger partial charge in [0.15, 0.2) is 0 Å². The third-order valence-electron chi connectivity index (χ3n) is 7.07. The van der Waals surface area contributed by atoms with E-state index in [1.54, 1.807) is 0 Å². The predicted molar refractivity (Wildman–Crippen MR) is 96.9 cm³/mol. The van der Waals surface area contributed by atoms with Gasteiger partial charge >= 0.3 is 5.97 Å². The number of carboxylic acid groups (broad SMARTS) is 1. The highest BCUT2D eigenvalue weighted by atomic mass is 19.3. The molecule has 2 aliphatic rings. The molecule has 0 spiro atoms. The van der Waals surface area contributed by atoms with Crippen molar-refractivity contribution >= 4 is 5.97 Å². The Kier molecular flexibility index (Phi) is 8.15. The topological polar surface area (TPSA) is 37.3 Å². The van der Waals surface area contributed by atoms with Gasteiger partial charge in [0, 0.05) is 6.42 Å². The van der Waals surface area contributed by atoms with E-state index in [4.69, 9.17) is 0 Å². The van der Waals surface area contributed by atoms with Crippen LogP contribution in [0.3, 0.4) is 0 Å². The molecule has 2 fully saturated rings. The van der Waals surface area contributed by atoms with E-state index in [1.165, 1.54) is 44.9 Å². The van der Waals surface area contributed by atoms with Crippen LogP contribution in [-0.2, 0) is 4.79 Å². The highest BCUT2D eigenvalue weighted by molar-refractivity contribution is 5.70. The minimum absolute atomic E-state index is 0.0226. The van der Waals surface area contributed by atoms with Crippen LogP contribution in [-0.4, -0.2) is 17.5 Å². The smallest absolute Gasteiger partial charge is 0.306 e. The van der Waals surface area contributed by atoms with Crippen LogP contribution in [0.5, 0.6) is 0 Å². The number of rotatable bonds is 9. The number of hydrogen-bond donors (Lipinski definition) is 1. The maximum absolute atomic E-state index is 13.3. The first-order valence-electron chi connectivity index (χ1n) is 10.5. The van der Waals surface area contributed by atoms with Gasteiger partial charge in [0.2, 0.25) is 6.43 Å². The molecule has 25 heavy (non-hydrogen) atoms. The zero-order chi connectivity index (χ0) is 18.3. The first-order chi connectivity index (χ1) is 12.0. The zero-order valence-corrected chi connectivity index (χ0v) is 15.8. The highest BCUT2D eigenvalue weighted by Crippen LogP contribution is 2.53. The summed E-state index contributed by atoms with van der Waals surface area (Å²) in [5, 5.41) is 9.21. The van der Waals surface area contributed by atoms with Crippen molar-refractivity contribution in [3.05, 3.63) is 0 Å². The summed E-state index contributed by atoms with van der Waals surface area (Å²) < 4.78 is 26.5. The molecule has 2 rings (SSSR count). The minimum atomic E-state index is -2.27. The second kappa shape index (κ2) is 9.87. The van der Waals surface area contributed by atoms with Crippen LogP contribution >= 0.6 is 0 Å². The Bertz CT molecular complexity index is 395. The third-order valence-corrected chi connectivity index (χ3v) is 7.07. The molecule has 1 N–H and O–H groups in total. The Hall–Kier alpha value is -0.670. The number of hydrogen-bond acceptors (Lipinski definition) is 1. The Morgan fingerprint density at radius 1 is 1.04 bits per heavy atom. The second-order valence-electron chi connectivity index (χ2n) is 8.64. The summed E-state index contributed by atoms with van der Waals surface area (Å²) in [7, 11) is 0. The van der Waals surface area contributed by atoms with Crippen molar-refractivity contribution in [2.75, 3.05) is 0 Å². The lowest BCUT2D eigenvalue weighted by atomic mass is 9.57. The van der Waals surface area contributed by atoms with E-state index in [-0.39, 0.29) is 17.8 Å². The average Bonchev–Trinajstić information content (AvgIpc) is 2.59. The molecule has 2 nitrogen and oxygen atoms in total. The summed E-state index contributed by atoms with van der Waals surface area (Å²) >= 11 is 0. The summed E-state index contributed by atoms with van der Waals surface area (Å²) in [6.45, 7) is 2.23. The Morgan fingerprint density at radius 2 is 1.68 bits per heavy atom. The lowest BCUT2D eigenvalue weighted by Crippen LogP contribution is -2.40. The van der Waals surface area contributed by atoms with Crippen LogP contribution < -0.4 is 0 Å². The SMILES string of the molecule is CCCCCCC1CCC(C2(CC(F)F)CCC(C(=O)O)CC2)CC1. The molecule has 0 bridgehead atoms. The minimum Gasteiger partial charge on any atom is -0.481 e. The quantitative estimate of drug-likeness (QED) is 0.467. The van der Waals surface area contributed by atoms with Crippen molar-refractivity contribution in [2.45, 2.75) is 103 Å². The van der Waals surface area contributed by atoms with Crippen LogP contribution in [0, 0.1) is 23.2 Å². The highest BCUT2D eigenvalue weighted by Gasteiger charge is 2.45. The number of halogens is 2. The lowest BCUT2D eigenvalue weighted by molar-refractivity contribution is -0.144. The van der Waals surface area contributed by atoms with Crippen LogP contribution in [0.25, 0.3) is 0 Å². The van der Waals surface area contributed by atoms with Gasteiger partial charge in [-0.15, -0.1) is 0 Å². The predicted octanol–water partition coefficient (Wildman–Crippen LogP) is 6.68. The second-order valence-corrected chi connectivity index (χ2v) is 8.64. The Morgan fingerprint density at radius 3 is 2.20 bits per heavy atom. The molecule has 4 heteroatoms. The van der Waals surface area contributed by atoms with Crippen molar-refractivity contribution < 1.29 is 18.7 Å². The Labute approximate surface area is 151 Å². The van der Waals surface area contributed by atoms with E-state index < -0.39 is 12.4 Å². The van der Waals surface area contributed by atoms with Gasteiger partial charge in [-0.05, 0) is 55.8 Å². The number of unbranched alkanes of at least 4 members (excludes halogenated alkanes) is 3. The van der Waals surface area contributed by atoms with E-state index in [1.807, 2.05) is 0 Å². The number of carbonyl (C=O) groups is 1. The average molecular weight is 359 g/mol. The van der Waals surface area contributed by atoms with E-state index in [9.17, 15) is 18.7 Å². The molecule has 0 heterocycles. The molecule has 0 unspecified atom stereocenters. The fourth-order valence-corrected chi connectivity index (χ4v) is 5.45. The zero-order valence-electron chi connectivity index (χ0n) is 15.8. The van der Waals surface area contributed by atoms with Gasteiger partial charge in [0.25, 0.3) is 0 Å². The summed E-state index contributed by atoms with van der Waals surface area (Å²) in [5.74, 6) is 0.0948. The van der Waals surface area contributed by atoms with E-state index in [0.717, 1.165) is 18.8 Å². The summed E-state index contributed by atoms with van der Waals surface area (Å²) in [6, 6.07) is 0. The lowest BCUT2D eigenvalue weighted by Gasteiger charge is -2.47. The molecule has 0 atom stereocenters. The number of carboxylic acids is 1. The van der Waals surface area contributed by atoms with Gasteiger partial charge in [-0.1, -0.05) is 51.9 Å². The molecule has 146 valence electrons. The standard InChI is InChI=1S/C21H36F2O2/c1-2-3-4-5-6-16-7-9-18(10-8-16)21(15-19(22)23)13-11-17(12-14-21)20(24)25/h16-19H,2-15H2,1H3,(H,24,25). The summed E-state index contributed by atoms with van der Waals surface area (Å²) in [4.78, 5) is 11.2. The van der Waals surface area contributed by atoms with Crippen LogP contribution in [0.2, 0.25) is 0 Å². The van der Waals surface area contributed by atoms with Crippen molar-refractivity contribution in [1.82, 2.24) is 0 Å². The normalized spacial score (nSPS) is 33.5. The monoisotopic (exact) mass is 358 g/mol. The van der Waals surface area contributed by atoms with Gasteiger partial charge in [-0.3, -0.25) is 4.79 Å². The largest absolute Gasteiger partial charge is 0.481 e. The maximum Gasteiger partial charge on any atom is 0.306 e. The third kappa shape index (κ3) is 5.92. The molecule has 0 aliphatic heterocycles. The van der Waals surface area contributed by atoms with Crippen molar-refractivity contribution in [3.63, 3.8) is 0 Å².